The summed E-state index contributed by atoms with van der Waals surface area (Å²) in [5.74, 6) is -1.49. The number of carbonyl (C=O) groups is 3. The van der Waals surface area contributed by atoms with Crippen molar-refractivity contribution in [2.75, 3.05) is 12.0 Å². The summed E-state index contributed by atoms with van der Waals surface area (Å²) in [6, 6.07) is 15.5. The fourth-order valence-electron chi connectivity index (χ4n) is 3.86. The number of carbonyl (C=O) groups excluding carboxylic acids is 3. The standard InChI is InChI=1S/C27H22ClFN2O4/c1-3-16-7-9-20(10-8-16)31-26(33)22(25(32)30-27(31)34)13-18-14-23(28)21(24(15-18)35-2)12-17-5-4-6-19(29)11-17/h4-11,13-15H,3,12H2,1-2H3,(H,30,32,34)/b22-13+. The van der Waals surface area contributed by atoms with Crippen molar-refractivity contribution < 1.29 is 23.5 Å². The zero-order valence-electron chi connectivity index (χ0n) is 19.1. The van der Waals surface area contributed by atoms with Crippen molar-refractivity contribution in [2.24, 2.45) is 0 Å². The van der Waals surface area contributed by atoms with Crippen molar-refractivity contribution in [1.82, 2.24) is 5.32 Å². The smallest absolute Gasteiger partial charge is 0.335 e. The Kier molecular flexibility index (Phi) is 6.98. The number of halogens is 2. The van der Waals surface area contributed by atoms with Crippen LogP contribution in [0.25, 0.3) is 6.08 Å². The molecule has 4 amide bonds. The first kappa shape index (κ1) is 24.2. The number of barbiturate groups is 1. The summed E-state index contributed by atoms with van der Waals surface area (Å²) < 4.78 is 19.1. The van der Waals surface area contributed by atoms with Crippen LogP contribution in [0.2, 0.25) is 5.02 Å². The highest BCUT2D eigenvalue weighted by molar-refractivity contribution is 6.39. The summed E-state index contributed by atoms with van der Waals surface area (Å²) in [5, 5.41) is 2.54. The van der Waals surface area contributed by atoms with Gasteiger partial charge in [0.25, 0.3) is 11.8 Å². The minimum atomic E-state index is -0.817. The lowest BCUT2D eigenvalue weighted by Gasteiger charge is -2.26. The van der Waals surface area contributed by atoms with Gasteiger partial charge in [0.05, 0.1) is 12.8 Å². The Hall–Kier alpha value is -3.97. The monoisotopic (exact) mass is 492 g/mol. The van der Waals surface area contributed by atoms with E-state index in [4.69, 9.17) is 16.3 Å². The van der Waals surface area contributed by atoms with Crippen LogP contribution >= 0.6 is 11.6 Å². The molecule has 0 aliphatic carbocycles. The fraction of sp³-hybridized carbons (Fsp3) is 0.148. The van der Waals surface area contributed by atoms with E-state index in [1.165, 1.54) is 25.3 Å². The number of aryl methyl sites for hydroxylation is 1. The van der Waals surface area contributed by atoms with Gasteiger partial charge in [-0.2, -0.15) is 0 Å². The first-order valence-corrected chi connectivity index (χ1v) is 11.3. The largest absolute Gasteiger partial charge is 0.496 e. The van der Waals surface area contributed by atoms with E-state index in [2.05, 4.69) is 5.32 Å². The molecule has 3 aromatic rings. The first-order chi connectivity index (χ1) is 16.8. The molecule has 0 bridgehead atoms. The zero-order valence-corrected chi connectivity index (χ0v) is 19.9. The minimum Gasteiger partial charge on any atom is -0.496 e. The van der Waals surface area contributed by atoms with Crippen LogP contribution in [0.4, 0.5) is 14.9 Å². The maximum atomic E-state index is 13.6. The number of ether oxygens (including phenoxy) is 1. The Morgan fingerprint density at radius 2 is 1.77 bits per heavy atom. The molecular weight excluding hydrogens is 471 g/mol. The summed E-state index contributed by atoms with van der Waals surface area (Å²) in [7, 11) is 1.47. The molecule has 1 aliphatic heterocycles. The summed E-state index contributed by atoms with van der Waals surface area (Å²) >= 11 is 6.52. The Morgan fingerprint density at radius 3 is 2.43 bits per heavy atom. The molecule has 0 atom stereocenters. The molecule has 0 spiro atoms. The summed E-state index contributed by atoms with van der Waals surface area (Å²) in [4.78, 5) is 39.1. The van der Waals surface area contributed by atoms with Gasteiger partial charge in [0, 0.05) is 17.0 Å². The Balaban J connectivity index is 1.68. The van der Waals surface area contributed by atoms with E-state index in [0.29, 0.717) is 39.6 Å². The van der Waals surface area contributed by atoms with E-state index < -0.39 is 17.8 Å². The van der Waals surface area contributed by atoms with E-state index in [0.717, 1.165) is 16.9 Å². The highest BCUT2D eigenvalue weighted by Gasteiger charge is 2.36. The second kappa shape index (κ2) is 10.1. The highest BCUT2D eigenvalue weighted by Crippen LogP contribution is 2.32. The number of amides is 4. The van der Waals surface area contributed by atoms with Crippen LogP contribution in [-0.4, -0.2) is 25.0 Å². The number of rotatable bonds is 6. The van der Waals surface area contributed by atoms with Crippen LogP contribution in [0.1, 0.15) is 29.2 Å². The lowest BCUT2D eigenvalue weighted by Crippen LogP contribution is -2.54. The topological polar surface area (TPSA) is 75.7 Å². The van der Waals surface area contributed by atoms with Crippen LogP contribution < -0.4 is 15.0 Å². The Morgan fingerprint density at radius 1 is 1.03 bits per heavy atom. The van der Waals surface area contributed by atoms with Crippen LogP contribution in [0.5, 0.6) is 5.75 Å². The second-order valence-electron chi connectivity index (χ2n) is 7.97. The van der Waals surface area contributed by atoms with E-state index >= 15 is 0 Å². The van der Waals surface area contributed by atoms with E-state index in [1.54, 1.807) is 36.4 Å². The number of urea groups is 1. The van der Waals surface area contributed by atoms with Crippen molar-refractivity contribution >= 4 is 41.2 Å². The maximum absolute atomic E-state index is 13.6. The summed E-state index contributed by atoms with van der Waals surface area (Å²) in [5.41, 5.74) is 2.95. The molecule has 1 aliphatic rings. The van der Waals surface area contributed by atoms with Gasteiger partial charge in [-0.15, -0.1) is 0 Å². The summed E-state index contributed by atoms with van der Waals surface area (Å²) in [6.45, 7) is 2.00. The quantitative estimate of drug-likeness (QED) is 0.374. The van der Waals surface area contributed by atoms with Crippen molar-refractivity contribution in [3.05, 3.63) is 99.3 Å². The predicted molar refractivity (Wildman–Crippen MR) is 132 cm³/mol. The van der Waals surface area contributed by atoms with Crippen LogP contribution in [0, 0.1) is 5.82 Å². The molecule has 3 aromatic carbocycles. The Bertz CT molecular complexity index is 1350. The van der Waals surface area contributed by atoms with Gasteiger partial charge in [0.1, 0.15) is 17.1 Å². The molecule has 0 unspecified atom stereocenters. The zero-order chi connectivity index (χ0) is 25.1. The molecule has 35 heavy (non-hydrogen) atoms. The molecule has 178 valence electrons. The minimum absolute atomic E-state index is 0.222. The molecule has 1 N–H and O–H groups in total. The third kappa shape index (κ3) is 5.10. The van der Waals surface area contributed by atoms with Gasteiger partial charge in [-0.25, -0.2) is 14.1 Å². The SMILES string of the molecule is CCc1ccc(N2C(=O)NC(=O)/C(=C\c3cc(Cl)c(Cc4cccc(F)c4)c(OC)c3)C2=O)cc1. The fourth-order valence-corrected chi connectivity index (χ4v) is 4.14. The molecule has 1 heterocycles. The molecule has 4 rings (SSSR count). The normalized spacial score (nSPS) is 14.9. The number of methoxy groups -OCH3 is 1. The maximum Gasteiger partial charge on any atom is 0.335 e. The van der Waals surface area contributed by atoms with Gasteiger partial charge in [0.2, 0.25) is 0 Å². The van der Waals surface area contributed by atoms with Crippen LogP contribution in [0.15, 0.2) is 66.2 Å². The molecule has 0 radical (unpaired) electrons. The van der Waals surface area contributed by atoms with Gasteiger partial charge in [-0.3, -0.25) is 14.9 Å². The number of nitrogens with one attached hydrogen (secondary N) is 1. The number of benzene rings is 3. The highest BCUT2D eigenvalue weighted by atomic mass is 35.5. The average Bonchev–Trinajstić information content (AvgIpc) is 2.83. The van der Waals surface area contributed by atoms with Gasteiger partial charge >= 0.3 is 6.03 Å². The lowest BCUT2D eigenvalue weighted by atomic mass is 10.00. The Labute approximate surface area is 207 Å². The molecule has 0 saturated carbocycles. The average molecular weight is 493 g/mol. The predicted octanol–water partition coefficient (Wildman–Crippen LogP) is 5.31. The number of imide groups is 2. The second-order valence-corrected chi connectivity index (χ2v) is 8.38. The molecule has 1 fully saturated rings. The van der Waals surface area contributed by atoms with Crippen molar-refractivity contribution in [2.45, 2.75) is 19.8 Å². The molecule has 1 saturated heterocycles. The summed E-state index contributed by atoms with van der Waals surface area (Å²) in [6.07, 6.45) is 2.49. The molecule has 6 nitrogen and oxygen atoms in total. The molecule has 8 heteroatoms. The van der Waals surface area contributed by atoms with Gasteiger partial charge in [-0.05, 0) is 65.6 Å². The molecular formula is C27H22ClFN2O4. The van der Waals surface area contributed by atoms with Crippen LogP contribution in [-0.2, 0) is 22.4 Å². The van der Waals surface area contributed by atoms with Crippen molar-refractivity contribution in [1.29, 1.82) is 0 Å². The third-order valence-electron chi connectivity index (χ3n) is 5.68. The van der Waals surface area contributed by atoms with Gasteiger partial charge in [0.15, 0.2) is 0 Å². The van der Waals surface area contributed by atoms with E-state index in [9.17, 15) is 18.8 Å². The van der Waals surface area contributed by atoms with E-state index in [1.807, 2.05) is 19.1 Å². The van der Waals surface area contributed by atoms with E-state index in [-0.39, 0.29) is 11.4 Å². The number of nitrogens with zero attached hydrogens (tertiary/aromatic N) is 1. The first-order valence-electron chi connectivity index (χ1n) is 10.9. The van der Waals surface area contributed by atoms with Gasteiger partial charge < -0.3 is 4.74 Å². The van der Waals surface area contributed by atoms with Crippen molar-refractivity contribution in [3.8, 4) is 5.75 Å². The third-order valence-corrected chi connectivity index (χ3v) is 6.02. The molecule has 0 aromatic heterocycles. The van der Waals surface area contributed by atoms with Crippen molar-refractivity contribution in [3.63, 3.8) is 0 Å². The lowest BCUT2D eigenvalue weighted by molar-refractivity contribution is -0.122. The van der Waals surface area contributed by atoms with Crippen LogP contribution in [0.3, 0.4) is 0 Å². The number of hydrogen-bond acceptors (Lipinski definition) is 4. The number of anilines is 1. The van der Waals surface area contributed by atoms with Gasteiger partial charge in [-0.1, -0.05) is 42.8 Å². The number of hydrogen-bond donors (Lipinski definition) is 1.